The zero-order valence-electron chi connectivity index (χ0n) is 12.4. The van der Waals surface area contributed by atoms with Crippen molar-refractivity contribution in [2.45, 2.75) is 24.8 Å². The van der Waals surface area contributed by atoms with Crippen LogP contribution in [-0.2, 0) is 4.79 Å². The van der Waals surface area contributed by atoms with Crippen molar-refractivity contribution in [3.8, 4) is 0 Å². The standard InChI is InChI=1S/C13H16N6OS2/c1-10(20)18(6-4-3-5-14-9-21)19-8-17-11-12(19)15-7-16-13(11)22-2/h7-8H,3-6H2,1-2H3. The Bertz CT molecular complexity index is 710. The number of carbonyl (C=O) groups excluding carboxylic acids is 1. The highest BCUT2D eigenvalue weighted by atomic mass is 32.2. The lowest BCUT2D eigenvalue weighted by molar-refractivity contribution is -0.118. The number of thiocarbonyl (C=S) groups is 1. The van der Waals surface area contributed by atoms with E-state index in [0.29, 0.717) is 24.3 Å². The number of aliphatic imine (C=N–C) groups is 1. The predicted octanol–water partition coefficient (Wildman–Crippen LogP) is 1.92. The number of nitrogens with zero attached hydrogens (tertiary/aromatic N) is 6. The van der Waals surface area contributed by atoms with Gasteiger partial charge in [-0.2, -0.15) is 0 Å². The molecule has 0 N–H and O–H groups in total. The first-order chi connectivity index (χ1) is 10.7. The maximum Gasteiger partial charge on any atom is 0.238 e. The van der Waals surface area contributed by atoms with Crippen LogP contribution in [0.5, 0.6) is 0 Å². The van der Waals surface area contributed by atoms with Crippen molar-refractivity contribution in [3.05, 3.63) is 12.7 Å². The van der Waals surface area contributed by atoms with Crippen molar-refractivity contribution in [2.75, 3.05) is 24.4 Å². The highest BCUT2D eigenvalue weighted by Crippen LogP contribution is 2.21. The topological polar surface area (TPSA) is 76.3 Å². The largest absolute Gasteiger partial charge is 0.273 e. The van der Waals surface area contributed by atoms with E-state index >= 15 is 0 Å². The van der Waals surface area contributed by atoms with E-state index in [1.54, 1.807) is 16.0 Å². The summed E-state index contributed by atoms with van der Waals surface area (Å²) in [4.78, 5) is 28.6. The SMILES string of the molecule is CSc1ncnc2c1ncn2N(CCCCN=C=S)C(C)=O. The molecule has 2 aromatic rings. The molecule has 0 unspecified atom stereocenters. The Morgan fingerprint density at radius 1 is 1.45 bits per heavy atom. The first-order valence-electron chi connectivity index (χ1n) is 6.73. The molecule has 0 aliphatic heterocycles. The average Bonchev–Trinajstić information content (AvgIpc) is 2.94. The summed E-state index contributed by atoms with van der Waals surface area (Å²) in [5, 5.41) is 4.75. The van der Waals surface area contributed by atoms with Crippen molar-refractivity contribution in [2.24, 2.45) is 4.99 Å². The van der Waals surface area contributed by atoms with Crippen molar-refractivity contribution < 1.29 is 4.79 Å². The second kappa shape index (κ2) is 7.98. The van der Waals surface area contributed by atoms with Crippen LogP contribution in [0.2, 0.25) is 0 Å². The fraction of sp³-hybridized carbons (Fsp3) is 0.462. The molecule has 7 nitrogen and oxygen atoms in total. The molecule has 0 spiro atoms. The third-order valence-electron chi connectivity index (χ3n) is 3.05. The number of amides is 1. The van der Waals surface area contributed by atoms with Crippen LogP contribution in [0.3, 0.4) is 0 Å². The minimum absolute atomic E-state index is 0.0676. The third kappa shape index (κ3) is 3.68. The average molecular weight is 336 g/mol. The molecule has 0 aliphatic rings. The van der Waals surface area contributed by atoms with Crippen LogP contribution in [0.4, 0.5) is 0 Å². The number of rotatable bonds is 7. The molecular formula is C13H16N6OS2. The van der Waals surface area contributed by atoms with Crippen molar-refractivity contribution in [3.63, 3.8) is 0 Å². The maximum atomic E-state index is 11.9. The van der Waals surface area contributed by atoms with Gasteiger partial charge in [-0.25, -0.2) is 29.6 Å². The quantitative estimate of drug-likeness (QED) is 0.253. The van der Waals surface area contributed by atoms with E-state index < -0.39 is 0 Å². The van der Waals surface area contributed by atoms with Crippen LogP contribution in [0.25, 0.3) is 11.2 Å². The lowest BCUT2D eigenvalue weighted by atomic mass is 10.3. The van der Waals surface area contributed by atoms with E-state index in [-0.39, 0.29) is 5.91 Å². The molecule has 22 heavy (non-hydrogen) atoms. The van der Waals surface area contributed by atoms with E-state index in [2.05, 4.69) is 37.3 Å². The first-order valence-corrected chi connectivity index (χ1v) is 8.36. The summed E-state index contributed by atoms with van der Waals surface area (Å²) >= 11 is 6.03. The highest BCUT2D eigenvalue weighted by molar-refractivity contribution is 7.98. The summed E-state index contributed by atoms with van der Waals surface area (Å²) in [6, 6.07) is 0. The molecule has 0 saturated heterocycles. The maximum absolute atomic E-state index is 11.9. The fourth-order valence-electron chi connectivity index (χ4n) is 2.04. The Kier molecular flexibility index (Phi) is 6.00. The van der Waals surface area contributed by atoms with Crippen molar-refractivity contribution in [1.82, 2.24) is 19.6 Å². The molecule has 2 heterocycles. The molecule has 0 aromatic carbocycles. The lowest BCUT2D eigenvalue weighted by Gasteiger charge is -2.21. The van der Waals surface area contributed by atoms with Gasteiger partial charge in [0.25, 0.3) is 0 Å². The zero-order valence-corrected chi connectivity index (χ0v) is 14.0. The number of fused-ring (bicyclic) bond motifs is 1. The van der Waals surface area contributed by atoms with Crippen LogP contribution >= 0.6 is 24.0 Å². The van der Waals surface area contributed by atoms with E-state index in [9.17, 15) is 4.79 Å². The van der Waals surface area contributed by atoms with E-state index in [1.807, 2.05) is 6.26 Å². The summed E-state index contributed by atoms with van der Waals surface area (Å²) in [5.41, 5.74) is 1.33. The minimum Gasteiger partial charge on any atom is -0.273 e. The van der Waals surface area contributed by atoms with Gasteiger partial charge in [-0.15, -0.1) is 11.8 Å². The van der Waals surface area contributed by atoms with E-state index in [0.717, 1.165) is 17.9 Å². The summed E-state index contributed by atoms with van der Waals surface area (Å²) in [6.07, 6.45) is 6.67. The Balaban J connectivity index is 2.22. The molecule has 0 saturated carbocycles. The van der Waals surface area contributed by atoms with Crippen LogP contribution < -0.4 is 5.01 Å². The summed E-state index contributed by atoms with van der Waals surface area (Å²) in [7, 11) is 0. The van der Waals surface area contributed by atoms with Gasteiger partial charge in [0, 0.05) is 20.0 Å². The molecular weight excluding hydrogens is 320 g/mol. The van der Waals surface area contributed by atoms with Gasteiger partial charge in [-0.05, 0) is 31.3 Å². The molecule has 2 aromatic heterocycles. The minimum atomic E-state index is -0.0676. The van der Waals surface area contributed by atoms with Crippen LogP contribution in [0, 0.1) is 0 Å². The van der Waals surface area contributed by atoms with Gasteiger partial charge in [0.2, 0.25) is 5.91 Å². The molecule has 0 fully saturated rings. The van der Waals surface area contributed by atoms with Crippen LogP contribution in [0.15, 0.2) is 22.7 Å². The van der Waals surface area contributed by atoms with Crippen LogP contribution in [-0.4, -0.2) is 50.0 Å². The number of isothiocyanates is 1. The van der Waals surface area contributed by atoms with Gasteiger partial charge in [-0.3, -0.25) is 4.79 Å². The highest BCUT2D eigenvalue weighted by Gasteiger charge is 2.16. The fourth-order valence-corrected chi connectivity index (χ4v) is 2.62. The van der Waals surface area contributed by atoms with E-state index in [4.69, 9.17) is 0 Å². The number of carbonyl (C=O) groups is 1. The number of aromatic nitrogens is 4. The monoisotopic (exact) mass is 336 g/mol. The number of unbranched alkanes of at least 4 members (excludes halogenated alkanes) is 1. The number of thioether (sulfide) groups is 1. The molecule has 0 radical (unpaired) electrons. The van der Waals surface area contributed by atoms with Gasteiger partial charge in [0.15, 0.2) is 5.65 Å². The number of imidazole rings is 1. The Morgan fingerprint density at radius 3 is 2.95 bits per heavy atom. The first kappa shape index (κ1) is 16.5. The second-order valence-electron chi connectivity index (χ2n) is 4.47. The predicted molar refractivity (Wildman–Crippen MR) is 90.0 cm³/mol. The Morgan fingerprint density at radius 2 is 2.27 bits per heavy atom. The van der Waals surface area contributed by atoms with Gasteiger partial charge >= 0.3 is 0 Å². The van der Waals surface area contributed by atoms with Gasteiger partial charge in [0.1, 0.15) is 23.2 Å². The van der Waals surface area contributed by atoms with Crippen LogP contribution in [0.1, 0.15) is 19.8 Å². The lowest BCUT2D eigenvalue weighted by Crippen LogP contribution is -2.39. The molecule has 9 heteroatoms. The van der Waals surface area contributed by atoms with Gasteiger partial charge < -0.3 is 0 Å². The molecule has 0 atom stereocenters. The zero-order chi connectivity index (χ0) is 15.9. The number of hydrogen-bond donors (Lipinski definition) is 0. The Labute approximate surface area is 137 Å². The summed E-state index contributed by atoms with van der Waals surface area (Å²) in [5.74, 6) is -0.0676. The van der Waals surface area contributed by atoms with Crippen molar-refractivity contribution in [1.29, 1.82) is 0 Å². The van der Waals surface area contributed by atoms with E-state index in [1.165, 1.54) is 25.0 Å². The normalized spacial score (nSPS) is 10.5. The molecule has 2 rings (SSSR count). The smallest absolute Gasteiger partial charge is 0.238 e. The number of hydrogen-bond acceptors (Lipinski definition) is 7. The summed E-state index contributed by atoms with van der Waals surface area (Å²) in [6.45, 7) is 2.71. The van der Waals surface area contributed by atoms with Gasteiger partial charge in [0.05, 0.1) is 5.16 Å². The summed E-state index contributed by atoms with van der Waals surface area (Å²) < 4.78 is 1.68. The van der Waals surface area contributed by atoms with Crippen molar-refractivity contribution >= 4 is 46.2 Å². The van der Waals surface area contributed by atoms with Gasteiger partial charge in [-0.1, -0.05) is 0 Å². The Hall–Kier alpha value is -1.83. The second-order valence-corrected chi connectivity index (χ2v) is 5.44. The third-order valence-corrected chi connectivity index (χ3v) is 3.87. The molecule has 1 amide bonds. The molecule has 116 valence electrons. The molecule has 0 aliphatic carbocycles. The molecule has 0 bridgehead atoms.